The molecule has 5 aliphatic rings. The van der Waals surface area contributed by atoms with Gasteiger partial charge in [-0.15, -0.1) is 0 Å². The summed E-state index contributed by atoms with van der Waals surface area (Å²) in [4.78, 5) is 30.0. The number of piperazine rings is 1. The molecule has 1 saturated heterocycles. The Kier molecular flexibility index (Phi) is 4.87. The van der Waals surface area contributed by atoms with E-state index < -0.39 is 0 Å². The molecule has 6 rings (SSSR count). The molecule has 5 heteroatoms. The molecule has 0 spiro atoms. The Morgan fingerprint density at radius 3 is 1.93 bits per heavy atom. The van der Waals surface area contributed by atoms with E-state index >= 15 is 0 Å². The van der Waals surface area contributed by atoms with Crippen LogP contribution in [0.2, 0.25) is 0 Å². The lowest BCUT2D eigenvalue weighted by Gasteiger charge is -2.57. The lowest BCUT2D eigenvalue weighted by atomic mass is 9.49. The summed E-state index contributed by atoms with van der Waals surface area (Å²) in [5.74, 6) is 2.60. The first-order chi connectivity index (χ1) is 14.0. The predicted octanol–water partition coefficient (Wildman–Crippen LogP) is 3.65. The second-order valence-electron chi connectivity index (χ2n) is 10.00. The summed E-state index contributed by atoms with van der Waals surface area (Å²) in [7, 11) is 0. The highest BCUT2D eigenvalue weighted by molar-refractivity contribution is 5.84. The smallest absolute Gasteiger partial charge is 0.228 e. The summed E-state index contributed by atoms with van der Waals surface area (Å²) in [6, 6.07) is 6.36. The molecule has 4 saturated carbocycles. The molecule has 0 aromatic heterocycles. The van der Waals surface area contributed by atoms with Crippen molar-refractivity contribution in [1.29, 1.82) is 0 Å². The van der Waals surface area contributed by atoms with Crippen LogP contribution >= 0.6 is 0 Å². The number of halogens is 1. The van der Waals surface area contributed by atoms with Crippen LogP contribution in [0.5, 0.6) is 0 Å². The third-order valence-corrected chi connectivity index (χ3v) is 7.95. The minimum absolute atomic E-state index is 0.0798. The molecule has 4 nitrogen and oxygen atoms in total. The van der Waals surface area contributed by atoms with Gasteiger partial charge in [-0.25, -0.2) is 4.39 Å². The first kappa shape index (κ1) is 19.1. The molecule has 5 fully saturated rings. The lowest BCUT2D eigenvalue weighted by Crippen LogP contribution is -2.58. The molecule has 0 N–H and O–H groups in total. The van der Waals surface area contributed by atoms with Crippen molar-refractivity contribution >= 4 is 11.8 Å². The van der Waals surface area contributed by atoms with Crippen molar-refractivity contribution in [3.8, 4) is 0 Å². The summed E-state index contributed by atoms with van der Waals surface area (Å²) in [6.07, 6.45) is 8.44. The van der Waals surface area contributed by atoms with Gasteiger partial charge in [-0.3, -0.25) is 9.59 Å². The first-order valence-electron chi connectivity index (χ1n) is 11.3. The number of amides is 2. The fourth-order valence-corrected chi connectivity index (χ4v) is 6.93. The van der Waals surface area contributed by atoms with Gasteiger partial charge < -0.3 is 9.80 Å². The highest BCUT2D eigenvalue weighted by Gasteiger charge is 2.55. The number of benzene rings is 1. The molecule has 2 amide bonds. The molecule has 29 heavy (non-hydrogen) atoms. The molecular formula is C24H31FN2O2. The van der Waals surface area contributed by atoms with E-state index in [9.17, 15) is 14.0 Å². The first-order valence-corrected chi connectivity index (χ1v) is 11.3. The molecule has 4 aliphatic carbocycles. The minimum atomic E-state index is -0.250. The van der Waals surface area contributed by atoms with E-state index in [-0.39, 0.29) is 17.1 Å². The van der Waals surface area contributed by atoms with Crippen molar-refractivity contribution in [3.63, 3.8) is 0 Å². The van der Waals surface area contributed by atoms with E-state index in [1.807, 2.05) is 4.90 Å². The van der Waals surface area contributed by atoms with Gasteiger partial charge in [0.15, 0.2) is 0 Å². The fraction of sp³-hybridized carbons (Fsp3) is 0.667. The molecule has 1 aromatic carbocycles. The average molecular weight is 399 g/mol. The maximum atomic E-state index is 13.5. The Labute approximate surface area is 172 Å². The SMILES string of the molecule is O=C(CCc1ccc(F)cc1)N1CCN(C(=O)C23CC4CC(CC(C4)C2)C3)CC1. The van der Waals surface area contributed by atoms with E-state index in [0.29, 0.717) is 44.9 Å². The Morgan fingerprint density at radius 1 is 0.862 bits per heavy atom. The van der Waals surface area contributed by atoms with Gasteiger partial charge in [-0.2, -0.15) is 0 Å². The van der Waals surface area contributed by atoms with Gasteiger partial charge in [-0.1, -0.05) is 12.1 Å². The molecule has 4 bridgehead atoms. The summed E-state index contributed by atoms with van der Waals surface area (Å²) < 4.78 is 13.0. The van der Waals surface area contributed by atoms with Gasteiger partial charge in [0.05, 0.1) is 5.41 Å². The van der Waals surface area contributed by atoms with Crippen LogP contribution in [0, 0.1) is 29.0 Å². The Morgan fingerprint density at radius 2 is 1.38 bits per heavy atom. The van der Waals surface area contributed by atoms with Crippen molar-refractivity contribution in [2.45, 2.75) is 51.4 Å². The lowest BCUT2D eigenvalue weighted by molar-refractivity contribution is -0.160. The topological polar surface area (TPSA) is 40.6 Å². The fourth-order valence-electron chi connectivity index (χ4n) is 6.93. The molecule has 0 radical (unpaired) electrons. The van der Waals surface area contributed by atoms with Gasteiger partial charge >= 0.3 is 0 Å². The van der Waals surface area contributed by atoms with Crippen molar-refractivity contribution in [1.82, 2.24) is 9.80 Å². The maximum absolute atomic E-state index is 13.5. The van der Waals surface area contributed by atoms with Crippen molar-refractivity contribution in [2.75, 3.05) is 26.2 Å². The van der Waals surface area contributed by atoms with Gasteiger partial charge in [0.2, 0.25) is 11.8 Å². The summed E-state index contributed by atoms with van der Waals surface area (Å²) in [5.41, 5.74) is 0.902. The predicted molar refractivity (Wildman–Crippen MR) is 108 cm³/mol. The summed E-state index contributed by atoms with van der Waals surface area (Å²) in [5, 5.41) is 0. The zero-order valence-electron chi connectivity index (χ0n) is 17.1. The zero-order valence-corrected chi connectivity index (χ0v) is 17.1. The van der Waals surface area contributed by atoms with E-state index in [2.05, 4.69) is 4.90 Å². The minimum Gasteiger partial charge on any atom is -0.339 e. The monoisotopic (exact) mass is 398 g/mol. The number of carbonyl (C=O) groups excluding carboxylic acids is 2. The summed E-state index contributed by atoms with van der Waals surface area (Å²) >= 11 is 0. The number of hydrogen-bond acceptors (Lipinski definition) is 2. The van der Waals surface area contributed by atoms with Crippen LogP contribution in [-0.2, 0) is 16.0 Å². The third kappa shape index (κ3) is 3.69. The maximum Gasteiger partial charge on any atom is 0.228 e. The van der Waals surface area contributed by atoms with Crippen LogP contribution in [0.4, 0.5) is 4.39 Å². The van der Waals surface area contributed by atoms with E-state index in [4.69, 9.17) is 0 Å². The number of nitrogens with zero attached hydrogens (tertiary/aromatic N) is 2. The molecule has 0 atom stereocenters. The van der Waals surface area contributed by atoms with E-state index in [1.54, 1.807) is 12.1 Å². The van der Waals surface area contributed by atoms with Crippen LogP contribution in [-0.4, -0.2) is 47.8 Å². The van der Waals surface area contributed by atoms with Crippen LogP contribution in [0.25, 0.3) is 0 Å². The highest BCUT2D eigenvalue weighted by Crippen LogP contribution is 2.60. The number of hydrogen-bond donors (Lipinski definition) is 0. The number of aryl methyl sites for hydroxylation is 1. The zero-order chi connectivity index (χ0) is 20.0. The van der Waals surface area contributed by atoms with Crippen LogP contribution < -0.4 is 0 Å². The Balaban J connectivity index is 1.14. The van der Waals surface area contributed by atoms with Crippen molar-refractivity contribution in [2.24, 2.45) is 23.2 Å². The van der Waals surface area contributed by atoms with Crippen molar-refractivity contribution in [3.05, 3.63) is 35.6 Å². The second-order valence-corrected chi connectivity index (χ2v) is 10.00. The Hall–Kier alpha value is -1.91. The average Bonchev–Trinajstić information content (AvgIpc) is 2.72. The molecule has 0 unspecified atom stereocenters. The normalized spacial score (nSPS) is 33.2. The van der Waals surface area contributed by atoms with Crippen molar-refractivity contribution < 1.29 is 14.0 Å². The van der Waals surface area contributed by atoms with E-state index in [0.717, 1.165) is 42.6 Å². The molecule has 156 valence electrons. The molecule has 1 aliphatic heterocycles. The Bertz CT molecular complexity index is 747. The van der Waals surface area contributed by atoms with Gasteiger partial charge in [0.25, 0.3) is 0 Å². The van der Waals surface area contributed by atoms with Crippen LogP contribution in [0.1, 0.15) is 50.5 Å². The molecular weight excluding hydrogens is 367 g/mol. The molecule has 1 aromatic rings. The van der Waals surface area contributed by atoms with E-state index in [1.165, 1.54) is 31.4 Å². The number of rotatable bonds is 4. The van der Waals surface area contributed by atoms with Gasteiger partial charge in [0.1, 0.15) is 5.82 Å². The number of carbonyl (C=O) groups is 2. The van der Waals surface area contributed by atoms with Gasteiger partial charge in [-0.05, 0) is 80.4 Å². The second kappa shape index (κ2) is 7.41. The largest absolute Gasteiger partial charge is 0.339 e. The van der Waals surface area contributed by atoms with Crippen LogP contribution in [0.3, 0.4) is 0 Å². The third-order valence-electron chi connectivity index (χ3n) is 7.95. The standard InChI is InChI=1S/C24H31FN2O2/c25-21-4-1-17(2-5-21)3-6-22(28)26-7-9-27(10-8-26)23(29)24-14-18-11-19(15-24)13-20(12-18)16-24/h1-2,4-5,18-20H,3,6-16H2. The van der Waals surface area contributed by atoms with Gasteiger partial charge in [0, 0.05) is 32.6 Å². The molecule has 1 heterocycles. The van der Waals surface area contributed by atoms with Crippen LogP contribution in [0.15, 0.2) is 24.3 Å². The quantitative estimate of drug-likeness (QED) is 0.777. The highest BCUT2D eigenvalue weighted by atomic mass is 19.1. The summed E-state index contributed by atoms with van der Waals surface area (Å²) in [6.45, 7) is 2.62.